The number of aliphatic hydroxyl groups is 1. The number of ether oxygens (including phenoxy) is 1. The smallest absolute Gasteiger partial charge is 0.328 e. The maximum Gasteiger partial charge on any atom is 0.328 e. The van der Waals surface area contributed by atoms with Gasteiger partial charge in [-0.1, -0.05) is 12.1 Å². The number of aliphatic hydroxyl groups excluding tert-OH is 1. The fourth-order valence-corrected chi connectivity index (χ4v) is 2.37. The molecule has 20 heavy (non-hydrogen) atoms. The summed E-state index contributed by atoms with van der Waals surface area (Å²) >= 11 is 0. The Bertz CT molecular complexity index is 520. The number of amides is 1. The van der Waals surface area contributed by atoms with Crippen molar-refractivity contribution in [3.05, 3.63) is 35.6 Å². The minimum absolute atomic E-state index is 0.0159. The van der Waals surface area contributed by atoms with Gasteiger partial charge < -0.3 is 14.7 Å². The van der Waals surface area contributed by atoms with E-state index in [1.807, 2.05) is 0 Å². The molecule has 1 saturated heterocycles. The Labute approximate surface area is 116 Å². The molecule has 1 aliphatic rings. The Morgan fingerprint density at radius 3 is 2.90 bits per heavy atom. The molecular weight excluding hydrogens is 265 g/mol. The second-order valence-corrected chi connectivity index (χ2v) is 4.78. The van der Waals surface area contributed by atoms with Gasteiger partial charge >= 0.3 is 5.97 Å². The number of benzene rings is 1. The van der Waals surface area contributed by atoms with Crippen molar-refractivity contribution in [1.82, 2.24) is 4.90 Å². The zero-order chi connectivity index (χ0) is 14.7. The largest absolute Gasteiger partial charge is 0.467 e. The molecule has 2 rings (SSSR count). The summed E-state index contributed by atoms with van der Waals surface area (Å²) in [7, 11) is 1.24. The van der Waals surface area contributed by atoms with E-state index in [2.05, 4.69) is 4.74 Å². The van der Waals surface area contributed by atoms with Crippen molar-refractivity contribution < 1.29 is 23.8 Å². The Kier molecular flexibility index (Phi) is 4.34. The van der Waals surface area contributed by atoms with Gasteiger partial charge in [-0.15, -0.1) is 0 Å². The van der Waals surface area contributed by atoms with Gasteiger partial charge in [0.15, 0.2) is 0 Å². The first kappa shape index (κ1) is 14.5. The van der Waals surface area contributed by atoms with Crippen LogP contribution in [0, 0.1) is 5.82 Å². The fraction of sp³-hybridized carbons (Fsp3) is 0.429. The molecule has 2 unspecified atom stereocenters. The van der Waals surface area contributed by atoms with E-state index in [0.29, 0.717) is 5.56 Å². The van der Waals surface area contributed by atoms with Gasteiger partial charge in [-0.3, -0.25) is 4.79 Å². The Morgan fingerprint density at radius 2 is 2.25 bits per heavy atom. The molecule has 1 amide bonds. The van der Waals surface area contributed by atoms with Crippen LogP contribution in [0.4, 0.5) is 4.39 Å². The van der Waals surface area contributed by atoms with Gasteiger partial charge in [0.25, 0.3) is 0 Å². The number of likely N-dealkylation sites (tertiary alicyclic amines) is 1. The molecule has 0 radical (unpaired) electrons. The highest BCUT2D eigenvalue weighted by Crippen LogP contribution is 2.20. The molecule has 0 bridgehead atoms. The number of methoxy groups -OCH3 is 1. The number of β-amino-alcohol motifs (C(OH)–C–C–N with tert-alkyl or cyclic N) is 1. The summed E-state index contributed by atoms with van der Waals surface area (Å²) < 4.78 is 17.7. The standard InChI is InChI=1S/C14H16FNO4/c1-20-14(19)12-7-11(17)8-16(12)13(18)6-9-3-2-4-10(15)5-9/h2-5,11-12,17H,6-8H2,1H3. The van der Waals surface area contributed by atoms with E-state index in [1.54, 1.807) is 6.07 Å². The number of hydrogen-bond donors (Lipinski definition) is 1. The van der Waals surface area contributed by atoms with Gasteiger partial charge in [-0.2, -0.15) is 0 Å². The third kappa shape index (κ3) is 3.14. The first-order chi connectivity index (χ1) is 9.51. The molecule has 0 aliphatic carbocycles. The average Bonchev–Trinajstić information content (AvgIpc) is 2.80. The van der Waals surface area contributed by atoms with Crippen LogP contribution in [-0.2, 0) is 20.7 Å². The van der Waals surface area contributed by atoms with E-state index < -0.39 is 23.9 Å². The second-order valence-electron chi connectivity index (χ2n) is 4.78. The maximum absolute atomic E-state index is 13.1. The summed E-state index contributed by atoms with van der Waals surface area (Å²) in [6, 6.07) is 4.97. The van der Waals surface area contributed by atoms with Crippen LogP contribution in [0.1, 0.15) is 12.0 Å². The predicted octanol–water partition coefficient (Wildman–Crippen LogP) is 0.503. The minimum Gasteiger partial charge on any atom is -0.467 e. The summed E-state index contributed by atoms with van der Waals surface area (Å²) in [4.78, 5) is 25.1. The highest BCUT2D eigenvalue weighted by Gasteiger charge is 2.39. The van der Waals surface area contributed by atoms with E-state index >= 15 is 0 Å². The van der Waals surface area contributed by atoms with Crippen LogP contribution in [0.25, 0.3) is 0 Å². The Balaban J connectivity index is 2.09. The zero-order valence-electron chi connectivity index (χ0n) is 11.1. The monoisotopic (exact) mass is 281 g/mol. The quantitative estimate of drug-likeness (QED) is 0.819. The van der Waals surface area contributed by atoms with Crippen molar-refractivity contribution in [1.29, 1.82) is 0 Å². The number of carbonyl (C=O) groups excluding carboxylic acids is 2. The Hall–Kier alpha value is -1.95. The van der Waals surface area contributed by atoms with Gasteiger partial charge in [0.2, 0.25) is 5.91 Å². The number of carbonyl (C=O) groups is 2. The van der Waals surface area contributed by atoms with Crippen molar-refractivity contribution in [3.8, 4) is 0 Å². The van der Waals surface area contributed by atoms with Gasteiger partial charge in [-0.05, 0) is 17.7 Å². The van der Waals surface area contributed by atoms with Crippen LogP contribution in [0.15, 0.2) is 24.3 Å². The summed E-state index contributed by atoms with van der Waals surface area (Å²) in [6.07, 6.45) is -0.588. The number of halogens is 1. The molecule has 0 aromatic heterocycles. The lowest BCUT2D eigenvalue weighted by molar-refractivity contribution is -0.150. The van der Waals surface area contributed by atoms with Gasteiger partial charge in [0.05, 0.1) is 19.6 Å². The summed E-state index contributed by atoms with van der Waals surface area (Å²) in [5.41, 5.74) is 0.528. The number of hydrogen-bond acceptors (Lipinski definition) is 4. The number of nitrogens with zero attached hydrogens (tertiary/aromatic N) is 1. The molecule has 1 aromatic rings. The van der Waals surface area contributed by atoms with Crippen LogP contribution in [0.2, 0.25) is 0 Å². The van der Waals surface area contributed by atoms with Crippen molar-refractivity contribution in [2.75, 3.05) is 13.7 Å². The summed E-state index contributed by atoms with van der Waals surface area (Å²) in [6.45, 7) is 0.0912. The minimum atomic E-state index is -0.768. The molecule has 1 N–H and O–H groups in total. The van der Waals surface area contributed by atoms with Crippen molar-refractivity contribution in [3.63, 3.8) is 0 Å². The van der Waals surface area contributed by atoms with Crippen LogP contribution >= 0.6 is 0 Å². The molecule has 0 spiro atoms. The summed E-state index contributed by atoms with van der Waals surface area (Å²) in [5, 5.41) is 9.61. The third-order valence-electron chi connectivity index (χ3n) is 3.32. The van der Waals surface area contributed by atoms with Gasteiger partial charge in [-0.25, -0.2) is 9.18 Å². The molecular formula is C14H16FNO4. The maximum atomic E-state index is 13.1. The Morgan fingerprint density at radius 1 is 1.50 bits per heavy atom. The van der Waals surface area contributed by atoms with E-state index in [4.69, 9.17) is 0 Å². The molecule has 1 fully saturated rings. The van der Waals surface area contributed by atoms with Crippen LogP contribution in [0.3, 0.4) is 0 Å². The van der Waals surface area contributed by atoms with Crippen molar-refractivity contribution in [2.45, 2.75) is 25.0 Å². The summed E-state index contributed by atoms with van der Waals surface area (Å²) in [5.74, 6) is -1.29. The first-order valence-electron chi connectivity index (χ1n) is 6.31. The van der Waals surface area contributed by atoms with E-state index in [0.717, 1.165) is 0 Å². The topological polar surface area (TPSA) is 66.8 Å². The van der Waals surface area contributed by atoms with Crippen molar-refractivity contribution in [2.24, 2.45) is 0 Å². The van der Waals surface area contributed by atoms with E-state index in [1.165, 1.54) is 30.2 Å². The van der Waals surface area contributed by atoms with E-state index in [9.17, 15) is 19.1 Å². The molecule has 0 saturated carbocycles. The lowest BCUT2D eigenvalue weighted by Crippen LogP contribution is -2.42. The van der Waals surface area contributed by atoms with Crippen molar-refractivity contribution >= 4 is 11.9 Å². The first-order valence-corrected chi connectivity index (χ1v) is 6.31. The third-order valence-corrected chi connectivity index (χ3v) is 3.32. The molecule has 1 heterocycles. The van der Waals surface area contributed by atoms with Gasteiger partial charge in [0.1, 0.15) is 11.9 Å². The SMILES string of the molecule is COC(=O)C1CC(O)CN1C(=O)Cc1cccc(F)c1. The molecule has 108 valence electrons. The fourth-order valence-electron chi connectivity index (χ4n) is 2.37. The second kappa shape index (κ2) is 6.00. The zero-order valence-corrected chi connectivity index (χ0v) is 11.1. The van der Waals surface area contributed by atoms with Crippen LogP contribution < -0.4 is 0 Å². The molecule has 5 nitrogen and oxygen atoms in total. The van der Waals surface area contributed by atoms with Crippen LogP contribution in [0.5, 0.6) is 0 Å². The number of esters is 1. The lowest BCUT2D eigenvalue weighted by Gasteiger charge is -2.22. The van der Waals surface area contributed by atoms with Crippen LogP contribution in [-0.4, -0.2) is 47.7 Å². The molecule has 1 aliphatic heterocycles. The van der Waals surface area contributed by atoms with Gasteiger partial charge in [0, 0.05) is 13.0 Å². The average molecular weight is 281 g/mol. The molecule has 2 atom stereocenters. The predicted molar refractivity (Wildman–Crippen MR) is 68.2 cm³/mol. The molecule has 6 heteroatoms. The number of rotatable bonds is 3. The van der Waals surface area contributed by atoms with E-state index in [-0.39, 0.29) is 25.3 Å². The highest BCUT2D eigenvalue weighted by molar-refractivity contribution is 5.86. The molecule has 1 aromatic carbocycles. The lowest BCUT2D eigenvalue weighted by atomic mass is 10.1. The normalized spacial score (nSPS) is 21.9. The highest BCUT2D eigenvalue weighted by atomic mass is 19.1.